The SMILES string of the molecule is CCc1cc(O)cc(-c2cc(O)cc(C(C)CI)c2OPOCI)c1OC. The molecule has 0 fully saturated rings. The largest absolute Gasteiger partial charge is 0.508 e. The molecule has 0 saturated heterocycles. The molecule has 148 valence electrons. The zero-order chi connectivity index (χ0) is 20.0. The van der Waals surface area contributed by atoms with Crippen molar-refractivity contribution >= 4 is 54.2 Å². The molecule has 0 amide bonds. The van der Waals surface area contributed by atoms with Crippen molar-refractivity contribution < 1.29 is 24.0 Å². The summed E-state index contributed by atoms with van der Waals surface area (Å²) in [6.07, 6.45) is 0.705. The lowest BCUT2D eigenvalue weighted by Gasteiger charge is -2.21. The molecule has 2 aromatic carbocycles. The summed E-state index contributed by atoms with van der Waals surface area (Å²) in [6.45, 7) is 4.08. The van der Waals surface area contributed by atoms with E-state index in [1.165, 1.54) is 0 Å². The van der Waals surface area contributed by atoms with Crippen molar-refractivity contribution in [2.75, 3.05) is 16.2 Å². The van der Waals surface area contributed by atoms with Gasteiger partial charge in [0.2, 0.25) is 9.03 Å². The number of alkyl halides is 2. The molecule has 0 saturated carbocycles. The molecule has 2 aromatic rings. The molecule has 8 heteroatoms. The minimum atomic E-state index is -0.164. The molecule has 0 aliphatic carbocycles. The highest BCUT2D eigenvalue weighted by Gasteiger charge is 2.22. The maximum Gasteiger partial charge on any atom is 0.216 e. The van der Waals surface area contributed by atoms with Crippen molar-refractivity contribution in [1.82, 2.24) is 0 Å². The standard InChI is InChI=1S/C19H23I2O5P/c1-4-12-5-13(22)7-16(18(12)24-3)17-8-14(23)6-15(11(2)9-20)19(17)26-27-25-10-21/h5-8,11,22-23,27H,4,9-10H2,1-3H3. The van der Waals surface area contributed by atoms with Crippen LogP contribution in [0.15, 0.2) is 24.3 Å². The van der Waals surface area contributed by atoms with E-state index in [2.05, 4.69) is 52.1 Å². The second kappa shape index (κ2) is 10.9. The number of halogens is 2. The van der Waals surface area contributed by atoms with Crippen LogP contribution in [-0.4, -0.2) is 26.4 Å². The first-order valence-electron chi connectivity index (χ1n) is 8.39. The fourth-order valence-electron chi connectivity index (χ4n) is 2.87. The second-order valence-corrected chi connectivity index (χ2v) is 8.11. The van der Waals surface area contributed by atoms with E-state index in [1.807, 2.05) is 6.92 Å². The fraction of sp³-hybridized carbons (Fsp3) is 0.368. The van der Waals surface area contributed by atoms with Crippen molar-refractivity contribution in [1.29, 1.82) is 0 Å². The molecule has 0 aliphatic rings. The molecule has 0 aromatic heterocycles. The average molecular weight is 616 g/mol. The van der Waals surface area contributed by atoms with Gasteiger partial charge >= 0.3 is 0 Å². The summed E-state index contributed by atoms with van der Waals surface area (Å²) in [4.78, 5) is 0. The van der Waals surface area contributed by atoms with Crippen molar-refractivity contribution in [2.24, 2.45) is 0 Å². The lowest BCUT2D eigenvalue weighted by atomic mass is 9.93. The van der Waals surface area contributed by atoms with Gasteiger partial charge in [-0.1, -0.05) is 59.0 Å². The highest BCUT2D eigenvalue weighted by atomic mass is 127. The first-order valence-corrected chi connectivity index (χ1v) is 12.3. The number of hydrogen-bond donors (Lipinski definition) is 2. The predicted molar refractivity (Wildman–Crippen MR) is 127 cm³/mol. The Morgan fingerprint density at radius 3 is 2.22 bits per heavy atom. The minimum Gasteiger partial charge on any atom is -0.508 e. The van der Waals surface area contributed by atoms with Crippen LogP contribution in [0.3, 0.4) is 0 Å². The van der Waals surface area contributed by atoms with Gasteiger partial charge in [0, 0.05) is 21.1 Å². The van der Waals surface area contributed by atoms with Gasteiger partial charge in [0.25, 0.3) is 0 Å². The molecular formula is C19H23I2O5P. The van der Waals surface area contributed by atoms with Crippen molar-refractivity contribution in [3.05, 3.63) is 35.4 Å². The molecule has 0 heterocycles. The lowest BCUT2D eigenvalue weighted by molar-refractivity contribution is 0.404. The Morgan fingerprint density at radius 1 is 1.04 bits per heavy atom. The molecule has 2 rings (SSSR count). The summed E-state index contributed by atoms with van der Waals surface area (Å²) < 4.78 is 18.4. The number of methoxy groups -OCH3 is 1. The average Bonchev–Trinajstić information content (AvgIpc) is 2.67. The Hall–Kier alpha value is -0.510. The van der Waals surface area contributed by atoms with Crippen LogP contribution in [-0.2, 0) is 10.9 Å². The maximum absolute atomic E-state index is 10.4. The van der Waals surface area contributed by atoms with Gasteiger partial charge in [0.05, 0.1) is 7.11 Å². The van der Waals surface area contributed by atoms with Crippen LogP contribution in [0.5, 0.6) is 23.0 Å². The third-order valence-corrected chi connectivity index (χ3v) is 6.92. The summed E-state index contributed by atoms with van der Waals surface area (Å²) in [5.41, 5.74) is 3.14. The topological polar surface area (TPSA) is 68.2 Å². The van der Waals surface area contributed by atoms with Crippen LogP contribution in [0.25, 0.3) is 11.1 Å². The number of aryl methyl sites for hydroxylation is 1. The number of phenols is 2. The minimum absolute atomic E-state index is 0.144. The highest BCUT2D eigenvalue weighted by Crippen LogP contribution is 2.47. The molecule has 27 heavy (non-hydrogen) atoms. The second-order valence-electron chi connectivity index (χ2n) is 5.95. The van der Waals surface area contributed by atoms with Gasteiger partial charge in [-0.2, -0.15) is 0 Å². The van der Waals surface area contributed by atoms with E-state index < -0.39 is 0 Å². The first kappa shape index (κ1) is 22.8. The molecule has 2 N–H and O–H groups in total. The smallest absolute Gasteiger partial charge is 0.216 e. The van der Waals surface area contributed by atoms with Gasteiger partial charge in [0.1, 0.15) is 27.6 Å². The summed E-state index contributed by atoms with van der Waals surface area (Å²) >= 11 is 4.44. The molecule has 0 spiro atoms. The Labute approximate surface area is 189 Å². The Morgan fingerprint density at radius 2 is 1.67 bits per heavy atom. The molecule has 0 aliphatic heterocycles. The van der Waals surface area contributed by atoms with E-state index in [0.29, 0.717) is 33.7 Å². The van der Waals surface area contributed by atoms with E-state index in [1.54, 1.807) is 31.4 Å². The number of ether oxygens (including phenoxy) is 1. The third-order valence-electron chi connectivity index (χ3n) is 4.15. The van der Waals surface area contributed by atoms with Gasteiger partial charge < -0.3 is 24.0 Å². The predicted octanol–water partition coefficient (Wildman–Crippen LogP) is 6.17. The molecular weight excluding hydrogens is 593 g/mol. The summed E-state index contributed by atoms with van der Waals surface area (Å²) in [6, 6.07) is 6.71. The quantitative estimate of drug-likeness (QED) is 0.153. The van der Waals surface area contributed by atoms with E-state index in [9.17, 15) is 10.2 Å². The molecule has 2 atom stereocenters. The van der Waals surface area contributed by atoms with E-state index in [4.69, 9.17) is 13.8 Å². The van der Waals surface area contributed by atoms with Crippen LogP contribution in [0.1, 0.15) is 30.9 Å². The van der Waals surface area contributed by atoms with Crippen LogP contribution < -0.4 is 9.26 Å². The Balaban J connectivity index is 2.75. The molecule has 5 nitrogen and oxygen atoms in total. The van der Waals surface area contributed by atoms with Crippen molar-refractivity contribution in [3.63, 3.8) is 0 Å². The number of rotatable bonds is 9. The zero-order valence-electron chi connectivity index (χ0n) is 15.4. The fourth-order valence-corrected chi connectivity index (χ4v) is 4.14. The number of hydrogen-bond acceptors (Lipinski definition) is 5. The number of aromatic hydroxyl groups is 2. The highest BCUT2D eigenvalue weighted by molar-refractivity contribution is 14.1. The van der Waals surface area contributed by atoms with Crippen LogP contribution in [0.4, 0.5) is 0 Å². The zero-order valence-corrected chi connectivity index (χ0v) is 20.7. The maximum atomic E-state index is 10.4. The molecule has 0 radical (unpaired) electrons. The van der Waals surface area contributed by atoms with Crippen molar-refractivity contribution in [3.8, 4) is 34.1 Å². The van der Waals surface area contributed by atoms with Crippen LogP contribution in [0.2, 0.25) is 0 Å². The van der Waals surface area contributed by atoms with E-state index in [-0.39, 0.29) is 26.5 Å². The Bertz CT molecular complexity index is 785. The van der Waals surface area contributed by atoms with Gasteiger partial charge in [-0.25, -0.2) is 0 Å². The van der Waals surface area contributed by atoms with E-state index in [0.717, 1.165) is 15.6 Å². The lowest BCUT2D eigenvalue weighted by Crippen LogP contribution is -2.01. The van der Waals surface area contributed by atoms with Gasteiger partial charge in [-0.15, -0.1) is 0 Å². The molecule has 0 bridgehead atoms. The summed E-state index contributed by atoms with van der Waals surface area (Å²) in [5, 5.41) is 20.6. The number of phenolic OH excluding ortho intramolecular Hbond substituents is 2. The normalized spacial score (nSPS) is 12.5. The van der Waals surface area contributed by atoms with Crippen LogP contribution >= 0.6 is 54.2 Å². The van der Waals surface area contributed by atoms with Crippen LogP contribution in [0, 0.1) is 0 Å². The third kappa shape index (κ3) is 5.52. The molecule has 2 unspecified atom stereocenters. The first-order chi connectivity index (χ1) is 13.0. The van der Waals surface area contributed by atoms with Crippen molar-refractivity contribution in [2.45, 2.75) is 26.2 Å². The monoisotopic (exact) mass is 616 g/mol. The van der Waals surface area contributed by atoms with Gasteiger partial charge in [0.15, 0.2) is 0 Å². The van der Waals surface area contributed by atoms with E-state index >= 15 is 0 Å². The van der Waals surface area contributed by atoms with Gasteiger partial charge in [-0.05, 0) is 42.2 Å². The number of benzene rings is 2. The summed E-state index contributed by atoms with van der Waals surface area (Å²) in [7, 11) is 1.44. The van der Waals surface area contributed by atoms with Gasteiger partial charge in [-0.3, -0.25) is 0 Å². The summed E-state index contributed by atoms with van der Waals surface area (Å²) in [5.74, 6) is 1.77. The Kier molecular flexibility index (Phi) is 9.18.